The summed E-state index contributed by atoms with van der Waals surface area (Å²) in [6.45, 7) is 4.59. The van der Waals surface area contributed by atoms with E-state index in [9.17, 15) is 4.79 Å². The zero-order valence-corrected chi connectivity index (χ0v) is 9.95. The summed E-state index contributed by atoms with van der Waals surface area (Å²) < 4.78 is 5.22. The van der Waals surface area contributed by atoms with E-state index in [-0.39, 0.29) is 11.9 Å². The van der Waals surface area contributed by atoms with Crippen LogP contribution in [0, 0.1) is 0 Å². The molecule has 4 nitrogen and oxygen atoms in total. The molecule has 1 aromatic heterocycles. The highest BCUT2D eigenvalue weighted by Gasteiger charge is 2.16. The molecule has 0 bridgehead atoms. The van der Waals surface area contributed by atoms with Crippen molar-refractivity contribution in [2.24, 2.45) is 5.73 Å². The van der Waals surface area contributed by atoms with Gasteiger partial charge in [-0.25, -0.2) is 0 Å². The molecule has 16 heavy (non-hydrogen) atoms. The summed E-state index contributed by atoms with van der Waals surface area (Å²) in [5.74, 6) is 0.672. The third-order valence-electron chi connectivity index (χ3n) is 2.65. The minimum Gasteiger partial charge on any atom is -0.469 e. The molecule has 4 heteroatoms. The number of carbonyl (C=O) groups excluding carboxylic acids is 1. The number of furan rings is 1. The molecule has 1 rings (SSSR count). The molecular formula is C12H20N2O2. The van der Waals surface area contributed by atoms with Crippen molar-refractivity contribution >= 4 is 5.91 Å². The first kappa shape index (κ1) is 12.8. The minimum absolute atomic E-state index is 0.0640. The Kier molecular flexibility index (Phi) is 5.05. The van der Waals surface area contributed by atoms with Crippen LogP contribution in [0.15, 0.2) is 16.7 Å². The largest absolute Gasteiger partial charge is 0.469 e. The fourth-order valence-corrected chi connectivity index (χ4v) is 1.66. The lowest BCUT2D eigenvalue weighted by Gasteiger charge is -2.15. The van der Waals surface area contributed by atoms with Crippen LogP contribution in [0.2, 0.25) is 0 Å². The van der Waals surface area contributed by atoms with Crippen LogP contribution in [0.1, 0.15) is 42.8 Å². The van der Waals surface area contributed by atoms with Gasteiger partial charge in [-0.1, -0.05) is 13.8 Å². The van der Waals surface area contributed by atoms with Crippen LogP contribution in [0.3, 0.4) is 0 Å². The van der Waals surface area contributed by atoms with Gasteiger partial charge in [0.15, 0.2) is 0 Å². The van der Waals surface area contributed by atoms with Crippen molar-refractivity contribution in [3.05, 3.63) is 23.7 Å². The van der Waals surface area contributed by atoms with E-state index in [0.717, 1.165) is 25.0 Å². The predicted molar refractivity (Wildman–Crippen MR) is 63.3 cm³/mol. The molecule has 0 radical (unpaired) electrons. The van der Waals surface area contributed by atoms with Crippen LogP contribution in [0.5, 0.6) is 0 Å². The van der Waals surface area contributed by atoms with Crippen LogP contribution in [0.4, 0.5) is 0 Å². The average molecular weight is 224 g/mol. The van der Waals surface area contributed by atoms with Gasteiger partial charge < -0.3 is 15.5 Å². The van der Waals surface area contributed by atoms with Gasteiger partial charge in [-0.3, -0.25) is 4.79 Å². The Balaban J connectivity index is 2.64. The molecule has 1 unspecified atom stereocenters. The summed E-state index contributed by atoms with van der Waals surface area (Å²) in [6, 6.07) is 1.86. The SMILES string of the molecule is CCc1occc1C(=O)NC(CC)CCN. The van der Waals surface area contributed by atoms with Gasteiger partial charge in [0.1, 0.15) is 5.76 Å². The second-order valence-electron chi connectivity index (χ2n) is 3.77. The number of hydrogen-bond acceptors (Lipinski definition) is 3. The Morgan fingerprint density at radius 2 is 2.31 bits per heavy atom. The number of nitrogens with one attached hydrogen (secondary N) is 1. The maximum atomic E-state index is 11.9. The molecule has 0 saturated carbocycles. The molecule has 0 spiro atoms. The van der Waals surface area contributed by atoms with E-state index in [1.54, 1.807) is 12.3 Å². The van der Waals surface area contributed by atoms with E-state index < -0.39 is 0 Å². The second kappa shape index (κ2) is 6.33. The van der Waals surface area contributed by atoms with Crippen LogP contribution >= 0.6 is 0 Å². The van der Waals surface area contributed by atoms with E-state index >= 15 is 0 Å². The third-order valence-corrected chi connectivity index (χ3v) is 2.65. The lowest BCUT2D eigenvalue weighted by molar-refractivity contribution is 0.0932. The lowest BCUT2D eigenvalue weighted by Crippen LogP contribution is -2.36. The number of nitrogens with two attached hydrogens (primary N) is 1. The van der Waals surface area contributed by atoms with Gasteiger partial charge in [-0.2, -0.15) is 0 Å². The van der Waals surface area contributed by atoms with Gasteiger partial charge in [0, 0.05) is 12.5 Å². The number of aryl methyl sites for hydroxylation is 1. The summed E-state index contributed by atoms with van der Waals surface area (Å²) in [6.07, 6.45) is 3.98. The molecule has 0 aromatic carbocycles. The number of rotatable bonds is 6. The van der Waals surface area contributed by atoms with Crippen LogP contribution in [-0.2, 0) is 6.42 Å². The van der Waals surface area contributed by atoms with Crippen molar-refractivity contribution in [1.82, 2.24) is 5.32 Å². The molecule has 90 valence electrons. The second-order valence-corrected chi connectivity index (χ2v) is 3.77. The molecule has 1 atom stereocenters. The normalized spacial score (nSPS) is 12.4. The molecule has 0 aliphatic heterocycles. The molecule has 0 fully saturated rings. The molecule has 1 aromatic rings. The first-order chi connectivity index (χ1) is 7.72. The molecule has 3 N–H and O–H groups in total. The maximum absolute atomic E-state index is 11.9. The standard InChI is InChI=1S/C12H20N2O2/c1-3-9(5-7-13)14-12(15)10-6-8-16-11(10)4-2/h6,8-9H,3-5,7,13H2,1-2H3,(H,14,15). The average Bonchev–Trinajstić information content (AvgIpc) is 2.76. The van der Waals surface area contributed by atoms with Gasteiger partial charge in [0.05, 0.1) is 11.8 Å². The van der Waals surface area contributed by atoms with E-state index in [2.05, 4.69) is 5.32 Å². The Bertz CT molecular complexity index is 334. The smallest absolute Gasteiger partial charge is 0.255 e. The first-order valence-electron chi connectivity index (χ1n) is 5.80. The highest BCUT2D eigenvalue weighted by atomic mass is 16.3. The van der Waals surface area contributed by atoms with Crippen LogP contribution in [-0.4, -0.2) is 18.5 Å². The van der Waals surface area contributed by atoms with E-state index in [0.29, 0.717) is 12.1 Å². The first-order valence-corrected chi connectivity index (χ1v) is 5.80. The number of carbonyl (C=O) groups is 1. The Hall–Kier alpha value is -1.29. The molecule has 1 heterocycles. The lowest BCUT2D eigenvalue weighted by atomic mass is 10.1. The topological polar surface area (TPSA) is 68.3 Å². The summed E-state index contributed by atoms with van der Waals surface area (Å²) in [5, 5.41) is 2.97. The fourth-order valence-electron chi connectivity index (χ4n) is 1.66. The van der Waals surface area contributed by atoms with Crippen LogP contribution < -0.4 is 11.1 Å². The zero-order chi connectivity index (χ0) is 12.0. The van der Waals surface area contributed by atoms with Gasteiger partial charge in [0.25, 0.3) is 5.91 Å². The maximum Gasteiger partial charge on any atom is 0.255 e. The Labute approximate surface area is 96.2 Å². The van der Waals surface area contributed by atoms with Crippen molar-refractivity contribution in [3.8, 4) is 0 Å². The van der Waals surface area contributed by atoms with E-state index in [1.165, 1.54) is 0 Å². The van der Waals surface area contributed by atoms with Crippen molar-refractivity contribution < 1.29 is 9.21 Å². The minimum atomic E-state index is -0.0640. The van der Waals surface area contributed by atoms with Gasteiger partial charge >= 0.3 is 0 Å². The summed E-state index contributed by atoms with van der Waals surface area (Å²) in [4.78, 5) is 11.9. The van der Waals surface area contributed by atoms with Crippen molar-refractivity contribution in [2.45, 2.75) is 39.2 Å². The predicted octanol–water partition coefficient (Wildman–Crippen LogP) is 1.70. The van der Waals surface area contributed by atoms with Crippen molar-refractivity contribution in [3.63, 3.8) is 0 Å². The van der Waals surface area contributed by atoms with Crippen molar-refractivity contribution in [1.29, 1.82) is 0 Å². The number of hydrogen-bond donors (Lipinski definition) is 2. The highest BCUT2D eigenvalue weighted by Crippen LogP contribution is 2.11. The quantitative estimate of drug-likeness (QED) is 0.772. The summed E-state index contributed by atoms with van der Waals surface area (Å²) in [5.41, 5.74) is 6.12. The summed E-state index contributed by atoms with van der Waals surface area (Å²) >= 11 is 0. The number of amides is 1. The zero-order valence-electron chi connectivity index (χ0n) is 9.95. The van der Waals surface area contributed by atoms with Crippen LogP contribution in [0.25, 0.3) is 0 Å². The third kappa shape index (κ3) is 3.10. The van der Waals surface area contributed by atoms with Crippen molar-refractivity contribution in [2.75, 3.05) is 6.54 Å². The van der Waals surface area contributed by atoms with Gasteiger partial charge in [-0.05, 0) is 25.5 Å². The van der Waals surface area contributed by atoms with E-state index in [4.69, 9.17) is 10.2 Å². The van der Waals surface area contributed by atoms with Gasteiger partial charge in [-0.15, -0.1) is 0 Å². The highest BCUT2D eigenvalue weighted by molar-refractivity contribution is 5.95. The molecular weight excluding hydrogens is 204 g/mol. The van der Waals surface area contributed by atoms with Gasteiger partial charge in [0.2, 0.25) is 0 Å². The fraction of sp³-hybridized carbons (Fsp3) is 0.583. The van der Waals surface area contributed by atoms with E-state index in [1.807, 2.05) is 13.8 Å². The Morgan fingerprint density at radius 1 is 1.56 bits per heavy atom. The molecule has 0 saturated heterocycles. The Morgan fingerprint density at radius 3 is 2.88 bits per heavy atom. The summed E-state index contributed by atoms with van der Waals surface area (Å²) in [7, 11) is 0. The molecule has 0 aliphatic carbocycles. The molecule has 1 amide bonds. The molecule has 0 aliphatic rings. The monoisotopic (exact) mass is 224 g/mol.